The van der Waals surface area contributed by atoms with Crippen LogP contribution in [0.2, 0.25) is 5.02 Å². The third-order valence-electron chi connectivity index (χ3n) is 2.30. The van der Waals surface area contributed by atoms with E-state index in [1.807, 2.05) is 13.8 Å². The van der Waals surface area contributed by atoms with E-state index in [4.69, 9.17) is 23.2 Å². The molecule has 17 heavy (non-hydrogen) atoms. The molecule has 0 spiro atoms. The standard InChI is InChI=1S/C11H15Cl2NO2S/c1-8(2)11(13)7-14-17(15,16)10-5-3-4-9(12)6-10/h3-6,8,11,14H,7H2,1-2H3. The van der Waals surface area contributed by atoms with Gasteiger partial charge in [-0.15, -0.1) is 11.6 Å². The van der Waals surface area contributed by atoms with Gasteiger partial charge in [0, 0.05) is 16.9 Å². The van der Waals surface area contributed by atoms with E-state index >= 15 is 0 Å². The smallest absolute Gasteiger partial charge is 0.210 e. The summed E-state index contributed by atoms with van der Waals surface area (Å²) in [5, 5.41) is 0.156. The van der Waals surface area contributed by atoms with Crippen LogP contribution in [0.25, 0.3) is 0 Å². The highest BCUT2D eigenvalue weighted by Gasteiger charge is 2.17. The summed E-state index contributed by atoms with van der Waals surface area (Å²) in [5.41, 5.74) is 0. The lowest BCUT2D eigenvalue weighted by atomic mass is 10.1. The number of nitrogens with one attached hydrogen (secondary N) is 1. The van der Waals surface area contributed by atoms with Crippen LogP contribution in [0, 0.1) is 5.92 Å². The van der Waals surface area contributed by atoms with Gasteiger partial charge in [0.1, 0.15) is 0 Å². The Morgan fingerprint density at radius 1 is 1.35 bits per heavy atom. The molecule has 0 aliphatic rings. The van der Waals surface area contributed by atoms with E-state index < -0.39 is 10.0 Å². The van der Waals surface area contributed by atoms with Gasteiger partial charge in [-0.3, -0.25) is 0 Å². The molecule has 0 aliphatic carbocycles. The molecule has 6 heteroatoms. The minimum Gasteiger partial charge on any atom is -0.210 e. The van der Waals surface area contributed by atoms with Gasteiger partial charge in [0.05, 0.1) is 4.90 Å². The molecular weight excluding hydrogens is 281 g/mol. The van der Waals surface area contributed by atoms with Gasteiger partial charge < -0.3 is 0 Å². The van der Waals surface area contributed by atoms with Crippen LogP contribution in [-0.4, -0.2) is 20.3 Å². The van der Waals surface area contributed by atoms with E-state index in [1.165, 1.54) is 12.1 Å². The van der Waals surface area contributed by atoms with Gasteiger partial charge in [0.25, 0.3) is 0 Å². The Bertz CT molecular complexity index is 474. The monoisotopic (exact) mass is 295 g/mol. The van der Waals surface area contributed by atoms with Crippen LogP contribution in [0.5, 0.6) is 0 Å². The van der Waals surface area contributed by atoms with Crippen molar-refractivity contribution in [2.75, 3.05) is 6.54 Å². The predicted molar refractivity (Wildman–Crippen MR) is 71.1 cm³/mol. The van der Waals surface area contributed by atoms with E-state index in [0.717, 1.165) is 0 Å². The molecule has 1 unspecified atom stereocenters. The molecule has 3 nitrogen and oxygen atoms in total. The summed E-state index contributed by atoms with van der Waals surface area (Å²) in [4.78, 5) is 0.151. The number of hydrogen-bond donors (Lipinski definition) is 1. The zero-order valence-corrected chi connectivity index (χ0v) is 12.0. The van der Waals surface area contributed by atoms with Gasteiger partial charge in [0.2, 0.25) is 10.0 Å². The van der Waals surface area contributed by atoms with E-state index in [2.05, 4.69) is 4.72 Å². The molecule has 96 valence electrons. The maximum absolute atomic E-state index is 11.9. The lowest BCUT2D eigenvalue weighted by Gasteiger charge is -2.14. The van der Waals surface area contributed by atoms with Crippen molar-refractivity contribution in [2.45, 2.75) is 24.1 Å². The second kappa shape index (κ2) is 6.05. The zero-order valence-electron chi connectivity index (χ0n) is 9.65. The highest BCUT2D eigenvalue weighted by atomic mass is 35.5. The van der Waals surface area contributed by atoms with Crippen LogP contribution in [0.15, 0.2) is 29.2 Å². The molecule has 0 saturated heterocycles. The Morgan fingerprint density at radius 3 is 2.53 bits per heavy atom. The van der Waals surface area contributed by atoms with Gasteiger partial charge in [-0.25, -0.2) is 13.1 Å². The minimum atomic E-state index is -3.53. The van der Waals surface area contributed by atoms with Crippen molar-refractivity contribution in [3.63, 3.8) is 0 Å². The molecule has 0 saturated carbocycles. The minimum absolute atomic E-state index is 0.151. The van der Waals surface area contributed by atoms with Crippen LogP contribution in [0.4, 0.5) is 0 Å². The SMILES string of the molecule is CC(C)C(Cl)CNS(=O)(=O)c1cccc(Cl)c1. The first kappa shape index (κ1) is 14.8. The van der Waals surface area contributed by atoms with Gasteiger partial charge >= 0.3 is 0 Å². The molecule has 0 aromatic heterocycles. The number of hydrogen-bond acceptors (Lipinski definition) is 2. The average Bonchev–Trinajstić information content (AvgIpc) is 2.26. The summed E-state index contributed by atoms with van der Waals surface area (Å²) in [6.45, 7) is 4.07. The fourth-order valence-electron chi connectivity index (χ4n) is 1.14. The van der Waals surface area contributed by atoms with Crippen LogP contribution >= 0.6 is 23.2 Å². The second-order valence-electron chi connectivity index (χ2n) is 4.07. The predicted octanol–water partition coefficient (Wildman–Crippen LogP) is 2.88. The van der Waals surface area contributed by atoms with Crippen molar-refractivity contribution >= 4 is 33.2 Å². The molecule has 0 fully saturated rings. The molecule has 0 amide bonds. The van der Waals surface area contributed by atoms with Gasteiger partial charge in [-0.1, -0.05) is 31.5 Å². The molecule has 1 atom stereocenters. The van der Waals surface area contributed by atoms with Crippen molar-refractivity contribution in [2.24, 2.45) is 5.92 Å². The fraction of sp³-hybridized carbons (Fsp3) is 0.455. The van der Waals surface area contributed by atoms with E-state index in [9.17, 15) is 8.42 Å². The Balaban J connectivity index is 2.76. The summed E-state index contributed by atoms with van der Waals surface area (Å²) in [7, 11) is -3.53. The van der Waals surface area contributed by atoms with E-state index in [-0.39, 0.29) is 22.7 Å². The first-order valence-corrected chi connectivity index (χ1v) is 7.52. The first-order valence-electron chi connectivity index (χ1n) is 5.22. The first-order chi connectivity index (χ1) is 7.83. The molecule has 1 aromatic carbocycles. The molecule has 1 aromatic rings. The third kappa shape index (κ3) is 4.47. The Labute approximate surface area is 112 Å². The molecule has 1 N–H and O–H groups in total. The Morgan fingerprint density at radius 2 is 2.00 bits per heavy atom. The maximum Gasteiger partial charge on any atom is 0.240 e. The highest BCUT2D eigenvalue weighted by molar-refractivity contribution is 7.89. The maximum atomic E-state index is 11.9. The summed E-state index contributed by atoms with van der Waals surface area (Å²) < 4.78 is 26.2. The van der Waals surface area contributed by atoms with Crippen molar-refractivity contribution in [1.29, 1.82) is 0 Å². The van der Waals surface area contributed by atoms with E-state index in [1.54, 1.807) is 12.1 Å². The van der Waals surface area contributed by atoms with Crippen molar-refractivity contribution in [3.8, 4) is 0 Å². The molecular formula is C11H15Cl2NO2S. The molecule has 0 heterocycles. The number of alkyl halides is 1. The molecule has 0 bridgehead atoms. The molecule has 1 rings (SSSR count). The van der Waals surface area contributed by atoms with Crippen molar-refractivity contribution < 1.29 is 8.42 Å². The Kier molecular flexibility index (Phi) is 5.25. The number of benzene rings is 1. The quantitative estimate of drug-likeness (QED) is 0.849. The van der Waals surface area contributed by atoms with Gasteiger partial charge in [-0.05, 0) is 24.1 Å². The lowest BCUT2D eigenvalue weighted by Crippen LogP contribution is -2.32. The second-order valence-corrected chi connectivity index (χ2v) is 6.83. The zero-order chi connectivity index (χ0) is 13.1. The van der Waals surface area contributed by atoms with Crippen LogP contribution in [-0.2, 0) is 10.0 Å². The topological polar surface area (TPSA) is 46.2 Å². The average molecular weight is 296 g/mol. The number of halogens is 2. The lowest BCUT2D eigenvalue weighted by molar-refractivity contribution is 0.556. The van der Waals surface area contributed by atoms with Crippen molar-refractivity contribution in [1.82, 2.24) is 4.72 Å². The Hall–Kier alpha value is -0.290. The summed E-state index contributed by atoms with van der Waals surface area (Å²) in [6.07, 6.45) is 0. The van der Waals surface area contributed by atoms with Crippen LogP contribution < -0.4 is 4.72 Å². The fourth-order valence-corrected chi connectivity index (χ4v) is 2.67. The third-order valence-corrected chi connectivity index (χ3v) is 4.61. The summed E-state index contributed by atoms with van der Waals surface area (Å²) >= 11 is 11.7. The summed E-state index contributed by atoms with van der Waals surface area (Å²) in [6, 6.07) is 6.12. The highest BCUT2D eigenvalue weighted by Crippen LogP contribution is 2.16. The van der Waals surface area contributed by atoms with Crippen LogP contribution in [0.1, 0.15) is 13.8 Å². The van der Waals surface area contributed by atoms with E-state index in [0.29, 0.717) is 5.02 Å². The molecule has 0 aliphatic heterocycles. The normalized spacial score (nSPS) is 13.9. The van der Waals surface area contributed by atoms with Crippen molar-refractivity contribution in [3.05, 3.63) is 29.3 Å². The summed E-state index contributed by atoms with van der Waals surface area (Å²) in [5.74, 6) is 0.207. The van der Waals surface area contributed by atoms with Gasteiger partial charge in [0.15, 0.2) is 0 Å². The van der Waals surface area contributed by atoms with Gasteiger partial charge in [-0.2, -0.15) is 0 Å². The number of rotatable bonds is 5. The number of sulfonamides is 1. The molecule has 0 radical (unpaired) electrons. The largest absolute Gasteiger partial charge is 0.240 e. The van der Waals surface area contributed by atoms with Crippen LogP contribution in [0.3, 0.4) is 0 Å².